The van der Waals surface area contributed by atoms with E-state index >= 15 is 0 Å². The zero-order valence-electron chi connectivity index (χ0n) is 11.2. The van der Waals surface area contributed by atoms with Crippen LogP contribution >= 0.6 is 27.5 Å². The quantitative estimate of drug-likeness (QED) is 0.774. The molecule has 0 N–H and O–H groups in total. The third-order valence-corrected chi connectivity index (χ3v) is 4.98. The molecule has 1 fully saturated rings. The van der Waals surface area contributed by atoms with E-state index in [2.05, 4.69) is 15.9 Å². The minimum absolute atomic E-state index is 0.0722. The second-order valence-corrected chi connectivity index (χ2v) is 6.58. The minimum atomic E-state index is 0.0722. The maximum absolute atomic E-state index is 12.3. The number of carbonyl (C=O) groups is 1. The first-order chi connectivity index (χ1) is 9.08. The van der Waals surface area contributed by atoms with E-state index in [1.807, 2.05) is 11.9 Å². The number of halogens is 2. The highest BCUT2D eigenvalue weighted by Gasteiger charge is 2.19. The molecule has 0 bridgehead atoms. The van der Waals surface area contributed by atoms with Crippen LogP contribution < -0.4 is 0 Å². The van der Waals surface area contributed by atoms with Gasteiger partial charge in [-0.15, -0.1) is 0 Å². The Balaban J connectivity index is 1.99. The summed E-state index contributed by atoms with van der Waals surface area (Å²) >= 11 is 9.31. The molecule has 0 radical (unpaired) electrons. The van der Waals surface area contributed by atoms with Crippen LogP contribution in [0.1, 0.15) is 42.5 Å². The van der Waals surface area contributed by atoms with Crippen molar-refractivity contribution in [2.75, 3.05) is 13.6 Å². The van der Waals surface area contributed by atoms with Crippen LogP contribution in [0, 0.1) is 5.92 Å². The number of nitrogens with zero attached hydrogens (tertiary/aromatic N) is 1. The highest BCUT2D eigenvalue weighted by atomic mass is 79.9. The fraction of sp³-hybridized carbons (Fsp3) is 0.533. The first-order valence-electron chi connectivity index (χ1n) is 6.78. The Hall–Kier alpha value is -0.540. The van der Waals surface area contributed by atoms with Crippen LogP contribution in [0.5, 0.6) is 0 Å². The normalized spacial score (nSPS) is 16.4. The Morgan fingerprint density at radius 3 is 2.68 bits per heavy atom. The average molecular weight is 345 g/mol. The molecular weight excluding hydrogens is 326 g/mol. The maximum Gasteiger partial charge on any atom is 0.253 e. The van der Waals surface area contributed by atoms with Crippen LogP contribution in [0.4, 0.5) is 0 Å². The van der Waals surface area contributed by atoms with Gasteiger partial charge in [-0.05, 0) is 52.9 Å². The van der Waals surface area contributed by atoms with E-state index in [0.29, 0.717) is 16.5 Å². The van der Waals surface area contributed by atoms with Crippen LogP contribution in [0.25, 0.3) is 0 Å². The molecule has 0 spiro atoms. The van der Waals surface area contributed by atoms with E-state index in [9.17, 15) is 4.79 Å². The second-order valence-electron chi connectivity index (χ2n) is 5.32. The number of amides is 1. The molecular formula is C15H19BrClNO. The Morgan fingerprint density at radius 2 is 2.05 bits per heavy atom. The molecule has 0 aromatic heterocycles. The molecule has 0 aliphatic heterocycles. The SMILES string of the molecule is CN(CC1CCCCC1)C(=O)c1ccc(Cl)c(Br)c1. The van der Waals surface area contributed by atoms with Crippen molar-refractivity contribution in [1.29, 1.82) is 0 Å². The summed E-state index contributed by atoms with van der Waals surface area (Å²) in [6.07, 6.45) is 6.46. The lowest BCUT2D eigenvalue weighted by atomic mass is 9.89. The predicted molar refractivity (Wildman–Crippen MR) is 82.7 cm³/mol. The minimum Gasteiger partial charge on any atom is -0.341 e. The van der Waals surface area contributed by atoms with Crippen molar-refractivity contribution in [3.63, 3.8) is 0 Å². The van der Waals surface area contributed by atoms with Gasteiger partial charge in [0.15, 0.2) is 0 Å². The molecule has 2 rings (SSSR count). The van der Waals surface area contributed by atoms with Crippen LogP contribution in [0.3, 0.4) is 0 Å². The van der Waals surface area contributed by atoms with Gasteiger partial charge in [-0.3, -0.25) is 4.79 Å². The third kappa shape index (κ3) is 3.96. The van der Waals surface area contributed by atoms with Gasteiger partial charge in [0.1, 0.15) is 0 Å². The van der Waals surface area contributed by atoms with Gasteiger partial charge in [0.2, 0.25) is 0 Å². The Morgan fingerprint density at radius 1 is 1.37 bits per heavy atom. The molecule has 0 unspecified atom stereocenters. The van der Waals surface area contributed by atoms with E-state index in [4.69, 9.17) is 11.6 Å². The highest BCUT2D eigenvalue weighted by molar-refractivity contribution is 9.10. The Kier molecular flexibility index (Phi) is 5.28. The summed E-state index contributed by atoms with van der Waals surface area (Å²) < 4.78 is 0.770. The Labute approximate surface area is 128 Å². The van der Waals surface area contributed by atoms with Crippen molar-refractivity contribution in [3.8, 4) is 0 Å². The van der Waals surface area contributed by atoms with Gasteiger partial charge >= 0.3 is 0 Å². The van der Waals surface area contributed by atoms with Crippen molar-refractivity contribution in [2.24, 2.45) is 5.92 Å². The summed E-state index contributed by atoms with van der Waals surface area (Å²) in [6.45, 7) is 0.860. The standard InChI is InChI=1S/C15H19BrClNO/c1-18(10-11-5-3-2-4-6-11)15(19)12-7-8-14(17)13(16)9-12/h7-9,11H,2-6,10H2,1H3. The fourth-order valence-corrected chi connectivity index (χ4v) is 3.19. The van der Waals surface area contributed by atoms with E-state index in [0.717, 1.165) is 11.0 Å². The molecule has 0 heterocycles. The summed E-state index contributed by atoms with van der Waals surface area (Å²) in [7, 11) is 1.89. The lowest BCUT2D eigenvalue weighted by Crippen LogP contribution is -2.32. The average Bonchev–Trinajstić information content (AvgIpc) is 2.42. The van der Waals surface area contributed by atoms with Crippen LogP contribution in [-0.2, 0) is 0 Å². The maximum atomic E-state index is 12.3. The molecule has 0 saturated heterocycles. The van der Waals surface area contributed by atoms with Crippen molar-refractivity contribution in [3.05, 3.63) is 33.3 Å². The summed E-state index contributed by atoms with van der Waals surface area (Å²) in [5, 5.41) is 0.631. The van der Waals surface area contributed by atoms with Crippen molar-refractivity contribution in [2.45, 2.75) is 32.1 Å². The number of benzene rings is 1. The summed E-state index contributed by atoms with van der Waals surface area (Å²) in [5.41, 5.74) is 0.689. The largest absolute Gasteiger partial charge is 0.341 e. The predicted octanol–water partition coefficient (Wildman–Crippen LogP) is 4.75. The highest BCUT2D eigenvalue weighted by Crippen LogP contribution is 2.26. The van der Waals surface area contributed by atoms with Crippen LogP contribution in [0.15, 0.2) is 22.7 Å². The van der Waals surface area contributed by atoms with Gasteiger partial charge in [-0.1, -0.05) is 30.9 Å². The summed E-state index contributed by atoms with van der Waals surface area (Å²) in [6, 6.07) is 5.34. The summed E-state index contributed by atoms with van der Waals surface area (Å²) in [5.74, 6) is 0.737. The van der Waals surface area contributed by atoms with Crippen LogP contribution in [-0.4, -0.2) is 24.4 Å². The molecule has 1 amide bonds. The lowest BCUT2D eigenvalue weighted by molar-refractivity contribution is 0.0760. The zero-order chi connectivity index (χ0) is 13.8. The van der Waals surface area contributed by atoms with E-state index < -0.39 is 0 Å². The molecule has 4 heteroatoms. The van der Waals surface area contributed by atoms with Crippen molar-refractivity contribution in [1.82, 2.24) is 4.90 Å². The number of hydrogen-bond acceptors (Lipinski definition) is 1. The molecule has 0 atom stereocenters. The molecule has 1 saturated carbocycles. The molecule has 19 heavy (non-hydrogen) atoms. The molecule has 2 nitrogen and oxygen atoms in total. The smallest absolute Gasteiger partial charge is 0.253 e. The molecule has 1 aliphatic rings. The van der Waals surface area contributed by atoms with Gasteiger partial charge in [0.05, 0.1) is 5.02 Å². The van der Waals surface area contributed by atoms with Gasteiger partial charge in [-0.25, -0.2) is 0 Å². The van der Waals surface area contributed by atoms with E-state index in [1.165, 1.54) is 32.1 Å². The van der Waals surface area contributed by atoms with E-state index in [1.54, 1.807) is 18.2 Å². The molecule has 1 aromatic rings. The first-order valence-corrected chi connectivity index (χ1v) is 7.95. The van der Waals surface area contributed by atoms with E-state index in [-0.39, 0.29) is 5.91 Å². The fourth-order valence-electron chi connectivity index (χ4n) is 2.69. The van der Waals surface area contributed by atoms with Crippen molar-refractivity contribution >= 4 is 33.4 Å². The molecule has 1 aliphatic carbocycles. The number of hydrogen-bond donors (Lipinski definition) is 0. The monoisotopic (exact) mass is 343 g/mol. The first kappa shape index (κ1) is 14.9. The summed E-state index contributed by atoms with van der Waals surface area (Å²) in [4.78, 5) is 14.2. The number of rotatable bonds is 3. The topological polar surface area (TPSA) is 20.3 Å². The Bertz CT molecular complexity index is 457. The van der Waals surface area contributed by atoms with Crippen molar-refractivity contribution < 1.29 is 4.79 Å². The van der Waals surface area contributed by atoms with Crippen LogP contribution in [0.2, 0.25) is 5.02 Å². The number of carbonyl (C=O) groups excluding carboxylic acids is 1. The second kappa shape index (κ2) is 6.76. The third-order valence-electron chi connectivity index (χ3n) is 3.77. The zero-order valence-corrected chi connectivity index (χ0v) is 13.5. The molecule has 1 aromatic carbocycles. The van der Waals surface area contributed by atoms with Gasteiger partial charge in [0.25, 0.3) is 5.91 Å². The molecule has 104 valence electrons. The lowest BCUT2D eigenvalue weighted by Gasteiger charge is -2.27. The van der Waals surface area contributed by atoms with Gasteiger partial charge < -0.3 is 4.90 Å². The van der Waals surface area contributed by atoms with Gasteiger partial charge in [0, 0.05) is 23.6 Å². The van der Waals surface area contributed by atoms with Gasteiger partial charge in [-0.2, -0.15) is 0 Å².